The number of rotatable bonds is 0. The van der Waals surface area contributed by atoms with Crippen LogP contribution < -0.4 is 6.15 Å². The third-order valence-corrected chi connectivity index (χ3v) is 0. The topological polar surface area (TPSA) is 35.0 Å². The van der Waals surface area contributed by atoms with Crippen molar-refractivity contribution in [1.29, 1.82) is 0 Å². The second-order valence-electron chi connectivity index (χ2n) is 0. The zero-order chi connectivity index (χ0) is 0. The summed E-state index contributed by atoms with van der Waals surface area (Å²) >= 11 is 0. The Hall–Kier alpha value is 0.568. The molecule has 0 radical (unpaired) electrons. The van der Waals surface area contributed by atoms with E-state index in [4.69, 9.17) is 0 Å². The molecule has 0 saturated carbocycles. The predicted molar refractivity (Wildman–Crippen MR) is 33.0 cm³/mol. The van der Waals surface area contributed by atoms with Gasteiger partial charge >= 0.3 is 17.6 Å². The summed E-state index contributed by atoms with van der Waals surface area (Å²) in [6, 6.07) is 0. The van der Waals surface area contributed by atoms with E-state index in [1.807, 2.05) is 0 Å². The van der Waals surface area contributed by atoms with Crippen LogP contribution in [0.3, 0.4) is 0 Å². The molecule has 0 aliphatic rings. The van der Waals surface area contributed by atoms with Gasteiger partial charge in [0, 0.05) is 0 Å². The fourth-order valence-corrected chi connectivity index (χ4v) is 0. The number of hydrogen-bond acceptors (Lipinski definition) is 1. The SMILES string of the molecule is B.C.N.[GeH4]. The van der Waals surface area contributed by atoms with Gasteiger partial charge in [-0.1, -0.05) is 7.43 Å². The van der Waals surface area contributed by atoms with Crippen molar-refractivity contribution in [2.45, 2.75) is 7.43 Å². The summed E-state index contributed by atoms with van der Waals surface area (Å²) in [5.41, 5.74) is 0. The van der Waals surface area contributed by atoms with Crippen molar-refractivity contribution in [3.8, 4) is 0 Å². The van der Waals surface area contributed by atoms with Gasteiger partial charge in [0.25, 0.3) is 0 Å². The predicted octanol–water partition coefficient (Wildman–Crippen LogP) is -1.84. The van der Waals surface area contributed by atoms with Gasteiger partial charge < -0.3 is 6.15 Å². The van der Waals surface area contributed by atoms with Crippen LogP contribution in [0.5, 0.6) is 0 Å². The van der Waals surface area contributed by atoms with Gasteiger partial charge in [0.1, 0.15) is 0 Å². The molecule has 0 aliphatic carbocycles. The van der Waals surface area contributed by atoms with E-state index in [1.165, 1.54) is 0 Å². The minimum absolute atomic E-state index is 0. The van der Waals surface area contributed by atoms with E-state index in [9.17, 15) is 0 Å². The minimum atomic E-state index is 0. The standard InChI is InChI=1S/CH4.BH3.GeH4.H3N/h1H4;1H3;1H4;1H3. The van der Waals surface area contributed by atoms with Gasteiger partial charge in [-0.3, -0.25) is 0 Å². The molecule has 0 saturated heterocycles. The normalized spacial score (nSPS) is 0. The Morgan fingerprint density at radius 1 is 1.00 bits per heavy atom. The van der Waals surface area contributed by atoms with E-state index < -0.39 is 0 Å². The molecular weight excluding hydrogens is 109 g/mol. The van der Waals surface area contributed by atoms with Crippen molar-refractivity contribution in [3.63, 3.8) is 0 Å². The Balaban J connectivity index is 0. The van der Waals surface area contributed by atoms with Crippen LogP contribution in [0.25, 0.3) is 0 Å². The van der Waals surface area contributed by atoms with Crippen LogP contribution in [0.15, 0.2) is 0 Å². The van der Waals surface area contributed by atoms with Gasteiger partial charge in [0.2, 0.25) is 0 Å². The van der Waals surface area contributed by atoms with Crippen LogP contribution in [-0.4, -0.2) is 26.0 Å². The molecule has 0 bridgehead atoms. The van der Waals surface area contributed by atoms with Crippen LogP contribution in [0.1, 0.15) is 7.43 Å². The average molecular weight is 124 g/mol. The van der Waals surface area contributed by atoms with E-state index in [0.717, 1.165) is 0 Å². The Bertz CT molecular complexity index is 8.00. The Morgan fingerprint density at radius 2 is 1.00 bits per heavy atom. The van der Waals surface area contributed by atoms with Crippen molar-refractivity contribution < 1.29 is 0 Å². The van der Waals surface area contributed by atoms with Gasteiger partial charge in [-0.05, 0) is 0 Å². The van der Waals surface area contributed by atoms with Crippen molar-refractivity contribution >= 4 is 26.0 Å². The molecule has 3 N–H and O–H groups in total. The fraction of sp³-hybridized carbons (Fsp3) is 1.00. The molecule has 0 aliphatic heterocycles. The zero-order valence-electron chi connectivity index (χ0n) is 0.707. The van der Waals surface area contributed by atoms with E-state index in [2.05, 4.69) is 0 Å². The third-order valence-electron chi connectivity index (χ3n) is 0. The first-order chi connectivity index (χ1) is 0. The van der Waals surface area contributed by atoms with E-state index in [1.54, 1.807) is 0 Å². The second-order valence-corrected chi connectivity index (χ2v) is 0. The Labute approximate surface area is 40.3 Å². The third kappa shape index (κ3) is 19.6. The zero-order valence-corrected chi connectivity index (χ0v) is 0.707. The molecule has 0 atom stereocenters. The van der Waals surface area contributed by atoms with E-state index in [-0.39, 0.29) is 39.6 Å². The Morgan fingerprint density at radius 3 is 1.00 bits per heavy atom. The van der Waals surface area contributed by atoms with Crippen LogP contribution in [0.4, 0.5) is 0 Å². The van der Waals surface area contributed by atoms with Gasteiger partial charge in [0.05, 0.1) is 8.41 Å². The molecule has 3 heteroatoms. The first-order valence-electron chi connectivity index (χ1n) is 0. The van der Waals surface area contributed by atoms with Crippen molar-refractivity contribution in [3.05, 3.63) is 0 Å². The molecule has 0 aromatic carbocycles. The monoisotopic (exact) mass is 125 g/mol. The molecule has 0 aromatic rings. The molecule has 0 heterocycles. The maximum atomic E-state index is 0. The van der Waals surface area contributed by atoms with Crippen LogP contribution >= 0.6 is 0 Å². The molecule has 30 valence electrons. The Kier molecular flexibility index (Phi) is 3290. The van der Waals surface area contributed by atoms with Gasteiger partial charge in [0.15, 0.2) is 0 Å². The summed E-state index contributed by atoms with van der Waals surface area (Å²) in [7, 11) is 0. The van der Waals surface area contributed by atoms with Crippen molar-refractivity contribution in [2.75, 3.05) is 0 Å². The summed E-state index contributed by atoms with van der Waals surface area (Å²) in [4.78, 5) is 0. The quantitative estimate of drug-likeness (QED) is 0.378. The van der Waals surface area contributed by atoms with Crippen LogP contribution in [-0.2, 0) is 0 Å². The van der Waals surface area contributed by atoms with Gasteiger partial charge in [-0.25, -0.2) is 0 Å². The van der Waals surface area contributed by atoms with Crippen molar-refractivity contribution in [1.82, 2.24) is 6.15 Å². The first-order valence-corrected chi connectivity index (χ1v) is 0. The fourth-order valence-electron chi connectivity index (χ4n) is 0. The molecular formula is CH14BGeN. The molecule has 1 nitrogen and oxygen atoms in total. The summed E-state index contributed by atoms with van der Waals surface area (Å²) in [5, 5.41) is 0. The molecule has 0 amide bonds. The molecule has 0 fully saturated rings. The van der Waals surface area contributed by atoms with E-state index >= 15 is 0 Å². The maximum absolute atomic E-state index is 0. The molecule has 0 unspecified atom stereocenters. The van der Waals surface area contributed by atoms with Crippen LogP contribution in [0, 0.1) is 0 Å². The van der Waals surface area contributed by atoms with Crippen molar-refractivity contribution in [2.24, 2.45) is 0 Å². The average Bonchev–Trinajstić information content (AvgIpc) is 0. The van der Waals surface area contributed by atoms with Gasteiger partial charge in [-0.15, -0.1) is 0 Å². The number of hydrogen-bond donors (Lipinski definition) is 1. The summed E-state index contributed by atoms with van der Waals surface area (Å²) in [6.45, 7) is 0. The molecule has 0 rings (SSSR count). The van der Waals surface area contributed by atoms with Crippen LogP contribution in [0.2, 0.25) is 0 Å². The summed E-state index contributed by atoms with van der Waals surface area (Å²) < 4.78 is 0. The van der Waals surface area contributed by atoms with Gasteiger partial charge in [-0.2, -0.15) is 0 Å². The summed E-state index contributed by atoms with van der Waals surface area (Å²) in [5.74, 6) is 0. The summed E-state index contributed by atoms with van der Waals surface area (Å²) in [6.07, 6.45) is 0. The first kappa shape index (κ1) is 180. The molecule has 0 spiro atoms. The molecule has 0 aromatic heterocycles. The van der Waals surface area contributed by atoms with E-state index in [0.29, 0.717) is 0 Å². The molecule has 4 heavy (non-hydrogen) atoms. The second kappa shape index (κ2) is 73.0.